The van der Waals surface area contributed by atoms with Crippen LogP contribution < -0.4 is 0 Å². The molecule has 8 nitrogen and oxygen atoms in total. The first kappa shape index (κ1) is 16.0. The van der Waals surface area contributed by atoms with Crippen molar-refractivity contribution in [3.63, 3.8) is 0 Å². The average Bonchev–Trinajstić information content (AvgIpc) is 3.02. The number of aromatic nitrogens is 3. The van der Waals surface area contributed by atoms with Gasteiger partial charge in [-0.15, -0.1) is 0 Å². The highest BCUT2D eigenvalue weighted by Crippen LogP contribution is 2.27. The fourth-order valence-corrected chi connectivity index (χ4v) is 2.94. The Morgan fingerprint density at radius 3 is 2.92 bits per heavy atom. The second-order valence-corrected chi connectivity index (χ2v) is 5.79. The molecule has 1 saturated heterocycles. The summed E-state index contributed by atoms with van der Waals surface area (Å²) in [6.07, 6.45) is 4.80. The van der Waals surface area contributed by atoms with Crippen molar-refractivity contribution in [2.75, 3.05) is 13.1 Å². The zero-order valence-electron chi connectivity index (χ0n) is 13.0. The molecule has 24 heavy (non-hydrogen) atoms. The van der Waals surface area contributed by atoms with Crippen LogP contribution >= 0.6 is 0 Å². The Hall–Kier alpha value is -2.90. The third kappa shape index (κ3) is 3.37. The van der Waals surface area contributed by atoms with E-state index in [4.69, 9.17) is 5.11 Å². The van der Waals surface area contributed by atoms with Crippen molar-refractivity contribution in [1.29, 1.82) is 0 Å². The maximum absolute atomic E-state index is 12.5. The van der Waals surface area contributed by atoms with Crippen molar-refractivity contribution in [1.82, 2.24) is 19.7 Å². The highest BCUT2D eigenvalue weighted by atomic mass is 16.4. The molecule has 1 amide bonds. The number of hydrogen-bond donors (Lipinski definition) is 2. The van der Waals surface area contributed by atoms with Gasteiger partial charge in [0.2, 0.25) is 0 Å². The van der Waals surface area contributed by atoms with E-state index in [0.717, 1.165) is 18.5 Å². The van der Waals surface area contributed by atoms with Crippen LogP contribution in [-0.4, -0.2) is 54.8 Å². The van der Waals surface area contributed by atoms with Gasteiger partial charge in [-0.25, -0.2) is 4.98 Å². The number of pyridine rings is 1. The Labute approximate surface area is 138 Å². The van der Waals surface area contributed by atoms with Crippen molar-refractivity contribution < 1.29 is 19.8 Å². The molecule has 1 fully saturated rings. The lowest BCUT2D eigenvalue weighted by Crippen LogP contribution is -2.39. The fourth-order valence-electron chi connectivity index (χ4n) is 2.94. The van der Waals surface area contributed by atoms with Gasteiger partial charge in [0.1, 0.15) is 12.3 Å². The number of carboxylic acid groups (broad SMARTS) is 1. The molecule has 0 aromatic carbocycles. The van der Waals surface area contributed by atoms with Gasteiger partial charge in [0.15, 0.2) is 5.69 Å². The van der Waals surface area contributed by atoms with Crippen LogP contribution in [0.1, 0.15) is 34.9 Å². The minimum absolute atomic E-state index is 0.0450. The lowest BCUT2D eigenvalue weighted by Gasteiger charge is -2.31. The summed E-state index contributed by atoms with van der Waals surface area (Å²) in [5.41, 5.74) is 0.827. The fraction of sp³-hybridized carbons (Fsp3) is 0.375. The minimum Gasteiger partial charge on any atom is -0.505 e. The summed E-state index contributed by atoms with van der Waals surface area (Å²) in [6, 6.07) is 4.80. The maximum Gasteiger partial charge on any atom is 0.325 e. The van der Waals surface area contributed by atoms with E-state index in [9.17, 15) is 14.7 Å². The summed E-state index contributed by atoms with van der Waals surface area (Å²) < 4.78 is 1.38. The van der Waals surface area contributed by atoms with E-state index in [1.54, 1.807) is 23.2 Å². The van der Waals surface area contributed by atoms with E-state index in [0.29, 0.717) is 13.1 Å². The van der Waals surface area contributed by atoms with Crippen molar-refractivity contribution in [3.8, 4) is 5.75 Å². The minimum atomic E-state index is -0.948. The van der Waals surface area contributed by atoms with Gasteiger partial charge in [-0.05, 0) is 31.0 Å². The quantitative estimate of drug-likeness (QED) is 0.868. The predicted octanol–water partition coefficient (Wildman–Crippen LogP) is 1.09. The molecule has 2 N–H and O–H groups in total. The number of carboxylic acids is 1. The molecule has 1 atom stereocenters. The Morgan fingerprint density at radius 1 is 1.33 bits per heavy atom. The van der Waals surface area contributed by atoms with E-state index >= 15 is 0 Å². The number of nitrogens with zero attached hydrogens (tertiary/aromatic N) is 4. The summed E-state index contributed by atoms with van der Waals surface area (Å²) in [5.74, 6) is -1.34. The number of piperidine rings is 1. The van der Waals surface area contributed by atoms with Crippen molar-refractivity contribution in [2.24, 2.45) is 0 Å². The molecule has 1 aliphatic rings. The third-order valence-corrected chi connectivity index (χ3v) is 4.07. The van der Waals surface area contributed by atoms with Crippen LogP contribution in [-0.2, 0) is 11.3 Å². The van der Waals surface area contributed by atoms with Crippen molar-refractivity contribution >= 4 is 11.9 Å². The van der Waals surface area contributed by atoms with E-state index in [1.165, 1.54) is 16.9 Å². The molecule has 8 heteroatoms. The summed E-state index contributed by atoms with van der Waals surface area (Å²) >= 11 is 0. The van der Waals surface area contributed by atoms with Gasteiger partial charge in [0.05, 0.1) is 5.69 Å². The summed E-state index contributed by atoms with van der Waals surface area (Å²) in [6.45, 7) is 0.886. The number of rotatable bonds is 4. The van der Waals surface area contributed by atoms with Crippen LogP contribution in [0.25, 0.3) is 0 Å². The second kappa shape index (κ2) is 6.69. The molecule has 0 unspecified atom stereocenters. The number of carbonyl (C=O) groups excluding carboxylic acids is 1. The topological polar surface area (TPSA) is 109 Å². The molecule has 3 heterocycles. The Morgan fingerprint density at radius 2 is 2.17 bits per heavy atom. The third-order valence-electron chi connectivity index (χ3n) is 4.07. The first-order valence-electron chi connectivity index (χ1n) is 7.73. The smallest absolute Gasteiger partial charge is 0.325 e. The Balaban J connectivity index is 1.72. The lowest BCUT2D eigenvalue weighted by molar-refractivity contribution is -0.137. The molecule has 1 aliphatic heterocycles. The maximum atomic E-state index is 12.5. The second-order valence-electron chi connectivity index (χ2n) is 5.79. The predicted molar refractivity (Wildman–Crippen MR) is 83.6 cm³/mol. The molecule has 0 aliphatic carbocycles. The normalized spacial score (nSPS) is 17.7. The van der Waals surface area contributed by atoms with Crippen LogP contribution in [0, 0.1) is 0 Å². The van der Waals surface area contributed by atoms with Crippen LogP contribution in [0.2, 0.25) is 0 Å². The number of aliphatic carboxylic acids is 1. The molecule has 0 spiro atoms. The molecule has 2 aromatic rings. The Bertz CT molecular complexity index is 758. The van der Waals surface area contributed by atoms with E-state index in [2.05, 4.69) is 10.1 Å². The highest BCUT2D eigenvalue weighted by molar-refractivity contribution is 5.94. The molecule has 3 rings (SSSR count). The number of carbonyl (C=O) groups is 2. The first-order valence-corrected chi connectivity index (χ1v) is 7.73. The summed E-state index contributed by atoms with van der Waals surface area (Å²) in [5, 5.41) is 22.9. The SMILES string of the molecule is O=C(O)Cn1ccc([C@H]2CCCN(C(=O)c3ncccc3O)C2)n1. The molecular weight excluding hydrogens is 312 g/mol. The number of hydrogen-bond acceptors (Lipinski definition) is 5. The van der Waals surface area contributed by atoms with Gasteiger partial charge in [-0.2, -0.15) is 5.10 Å². The summed E-state index contributed by atoms with van der Waals surface area (Å²) in [7, 11) is 0. The Kier molecular flexibility index (Phi) is 4.45. The standard InChI is InChI=1S/C16H18N4O4/c21-13-4-1-6-17-15(13)16(24)19-7-2-3-11(9-19)12-5-8-20(18-12)10-14(22)23/h1,4-6,8,11,21H,2-3,7,9-10H2,(H,22,23)/t11-/m0/s1. The number of aromatic hydroxyl groups is 1. The van der Waals surface area contributed by atoms with Gasteiger partial charge in [0.25, 0.3) is 5.91 Å². The number of likely N-dealkylation sites (tertiary alicyclic amines) is 1. The van der Waals surface area contributed by atoms with Crippen molar-refractivity contribution in [2.45, 2.75) is 25.3 Å². The van der Waals surface area contributed by atoms with Crippen LogP contribution in [0.15, 0.2) is 30.6 Å². The molecule has 0 saturated carbocycles. The van der Waals surface area contributed by atoms with Gasteiger partial charge >= 0.3 is 5.97 Å². The van der Waals surface area contributed by atoms with Gasteiger partial charge in [0, 0.05) is 31.4 Å². The molecular formula is C16H18N4O4. The molecule has 0 bridgehead atoms. The zero-order valence-corrected chi connectivity index (χ0v) is 13.0. The molecule has 126 valence electrons. The zero-order chi connectivity index (χ0) is 17.1. The van der Waals surface area contributed by atoms with Crippen LogP contribution in [0.3, 0.4) is 0 Å². The van der Waals surface area contributed by atoms with Gasteiger partial charge < -0.3 is 15.1 Å². The average molecular weight is 330 g/mol. The monoisotopic (exact) mass is 330 g/mol. The number of amides is 1. The van der Waals surface area contributed by atoms with E-state index in [-0.39, 0.29) is 29.8 Å². The molecule has 0 radical (unpaired) electrons. The highest BCUT2D eigenvalue weighted by Gasteiger charge is 2.28. The largest absolute Gasteiger partial charge is 0.505 e. The van der Waals surface area contributed by atoms with E-state index in [1.807, 2.05) is 0 Å². The first-order chi connectivity index (χ1) is 11.5. The van der Waals surface area contributed by atoms with Gasteiger partial charge in [-0.3, -0.25) is 14.3 Å². The van der Waals surface area contributed by atoms with Crippen LogP contribution in [0.5, 0.6) is 5.75 Å². The van der Waals surface area contributed by atoms with Crippen molar-refractivity contribution in [3.05, 3.63) is 42.0 Å². The summed E-state index contributed by atoms with van der Waals surface area (Å²) in [4.78, 5) is 28.9. The van der Waals surface area contributed by atoms with Crippen LogP contribution in [0.4, 0.5) is 0 Å². The van der Waals surface area contributed by atoms with E-state index < -0.39 is 5.97 Å². The van der Waals surface area contributed by atoms with Gasteiger partial charge in [-0.1, -0.05) is 0 Å². The lowest BCUT2D eigenvalue weighted by atomic mass is 9.94. The molecule has 2 aromatic heterocycles.